The van der Waals surface area contributed by atoms with Gasteiger partial charge in [-0.1, -0.05) is 38.1 Å². The van der Waals surface area contributed by atoms with Gasteiger partial charge in [-0.3, -0.25) is 4.79 Å². The molecule has 20 heavy (non-hydrogen) atoms. The quantitative estimate of drug-likeness (QED) is 0.874. The van der Waals surface area contributed by atoms with E-state index in [4.69, 9.17) is 5.11 Å². The van der Waals surface area contributed by atoms with Crippen molar-refractivity contribution in [2.75, 3.05) is 11.9 Å². The largest absolute Gasteiger partial charge is 0.480 e. The molecule has 1 aromatic heterocycles. The van der Waals surface area contributed by atoms with Crippen molar-refractivity contribution in [1.82, 2.24) is 10.2 Å². The molecule has 2 N–H and O–H groups in total. The van der Waals surface area contributed by atoms with Crippen LogP contribution in [0.15, 0.2) is 36.4 Å². The second kappa shape index (κ2) is 6.14. The van der Waals surface area contributed by atoms with Crippen molar-refractivity contribution in [3.8, 4) is 11.3 Å². The third kappa shape index (κ3) is 3.54. The Morgan fingerprint density at radius 1 is 1.15 bits per heavy atom. The fraction of sp³-hybridized carbons (Fsp3) is 0.267. The van der Waals surface area contributed by atoms with Gasteiger partial charge in [-0.2, -0.15) is 0 Å². The normalized spacial score (nSPS) is 10.6. The Labute approximate surface area is 117 Å². The monoisotopic (exact) mass is 271 g/mol. The van der Waals surface area contributed by atoms with Gasteiger partial charge in [-0.25, -0.2) is 0 Å². The molecule has 2 rings (SSSR count). The van der Waals surface area contributed by atoms with Gasteiger partial charge in [-0.05, 0) is 23.6 Å². The molecule has 0 fully saturated rings. The third-order valence-electron chi connectivity index (χ3n) is 2.96. The molecule has 0 aliphatic heterocycles. The average molecular weight is 271 g/mol. The lowest BCUT2D eigenvalue weighted by Gasteiger charge is -2.07. The van der Waals surface area contributed by atoms with Crippen LogP contribution < -0.4 is 5.32 Å². The molecule has 1 aromatic carbocycles. The molecule has 0 atom stereocenters. The molecule has 0 saturated carbocycles. The van der Waals surface area contributed by atoms with Crippen molar-refractivity contribution in [3.63, 3.8) is 0 Å². The molecule has 2 aromatic rings. The Kier molecular flexibility index (Phi) is 4.30. The van der Waals surface area contributed by atoms with Crippen LogP contribution in [0.5, 0.6) is 0 Å². The smallest absolute Gasteiger partial charge is 0.322 e. The van der Waals surface area contributed by atoms with Crippen LogP contribution in [0.3, 0.4) is 0 Å². The van der Waals surface area contributed by atoms with E-state index >= 15 is 0 Å². The molecule has 1 heterocycles. The second-order valence-electron chi connectivity index (χ2n) is 4.83. The SMILES string of the molecule is CC(C)c1ccc(-c2ccc(NCC(=O)O)nn2)cc1. The molecule has 5 nitrogen and oxygen atoms in total. The van der Waals surface area contributed by atoms with E-state index in [1.165, 1.54) is 5.56 Å². The third-order valence-corrected chi connectivity index (χ3v) is 2.96. The molecular formula is C15H17N3O2. The molecule has 0 aliphatic carbocycles. The molecule has 0 unspecified atom stereocenters. The van der Waals surface area contributed by atoms with Gasteiger partial charge in [0, 0.05) is 5.56 Å². The Morgan fingerprint density at radius 2 is 1.85 bits per heavy atom. The lowest BCUT2D eigenvalue weighted by Crippen LogP contribution is -2.13. The highest BCUT2D eigenvalue weighted by Crippen LogP contribution is 2.21. The van der Waals surface area contributed by atoms with Gasteiger partial charge < -0.3 is 10.4 Å². The number of nitrogens with one attached hydrogen (secondary N) is 1. The summed E-state index contributed by atoms with van der Waals surface area (Å²) < 4.78 is 0. The van der Waals surface area contributed by atoms with Crippen LogP contribution in [0.2, 0.25) is 0 Å². The van der Waals surface area contributed by atoms with E-state index in [2.05, 4.69) is 41.5 Å². The van der Waals surface area contributed by atoms with Crippen LogP contribution in [0, 0.1) is 0 Å². The summed E-state index contributed by atoms with van der Waals surface area (Å²) in [5, 5.41) is 19.3. The van der Waals surface area contributed by atoms with Gasteiger partial charge in [0.1, 0.15) is 12.4 Å². The maximum Gasteiger partial charge on any atom is 0.322 e. The van der Waals surface area contributed by atoms with E-state index in [0.29, 0.717) is 11.7 Å². The highest BCUT2D eigenvalue weighted by molar-refractivity contribution is 5.72. The summed E-state index contributed by atoms with van der Waals surface area (Å²) in [4.78, 5) is 10.4. The van der Waals surface area contributed by atoms with Crippen LogP contribution in [0.25, 0.3) is 11.3 Å². The van der Waals surface area contributed by atoms with Gasteiger partial charge >= 0.3 is 5.97 Å². The fourth-order valence-corrected chi connectivity index (χ4v) is 1.79. The van der Waals surface area contributed by atoms with Crippen LogP contribution in [0.4, 0.5) is 5.82 Å². The summed E-state index contributed by atoms with van der Waals surface area (Å²) in [5.41, 5.74) is 3.04. The predicted octanol–water partition coefficient (Wildman–Crippen LogP) is 2.76. The molecule has 0 bridgehead atoms. The Balaban J connectivity index is 2.11. The van der Waals surface area contributed by atoms with Gasteiger partial charge in [-0.15, -0.1) is 10.2 Å². The van der Waals surface area contributed by atoms with Gasteiger partial charge in [0.25, 0.3) is 0 Å². The number of rotatable bonds is 5. The van der Waals surface area contributed by atoms with E-state index in [-0.39, 0.29) is 6.54 Å². The zero-order valence-corrected chi connectivity index (χ0v) is 11.5. The number of carbonyl (C=O) groups is 1. The number of hydrogen-bond donors (Lipinski definition) is 2. The molecule has 0 saturated heterocycles. The first-order chi connectivity index (χ1) is 9.56. The maximum atomic E-state index is 10.4. The lowest BCUT2D eigenvalue weighted by atomic mass is 10.0. The molecule has 0 spiro atoms. The average Bonchev–Trinajstić information content (AvgIpc) is 2.46. The van der Waals surface area contributed by atoms with Crippen LogP contribution in [0.1, 0.15) is 25.3 Å². The van der Waals surface area contributed by atoms with Crippen LogP contribution in [-0.4, -0.2) is 27.8 Å². The number of aliphatic carboxylic acids is 1. The zero-order chi connectivity index (χ0) is 14.5. The minimum Gasteiger partial charge on any atom is -0.480 e. The summed E-state index contributed by atoms with van der Waals surface area (Å²) in [7, 11) is 0. The molecule has 0 aliphatic rings. The van der Waals surface area contributed by atoms with Crippen molar-refractivity contribution < 1.29 is 9.90 Å². The first-order valence-electron chi connectivity index (χ1n) is 6.46. The standard InChI is InChI=1S/C15H17N3O2/c1-10(2)11-3-5-12(6-4-11)13-7-8-14(18-17-13)16-9-15(19)20/h3-8,10H,9H2,1-2H3,(H,16,18)(H,19,20). The molecule has 0 amide bonds. The number of carboxylic acids is 1. The Bertz CT molecular complexity index is 577. The number of anilines is 1. The minimum atomic E-state index is -0.930. The zero-order valence-electron chi connectivity index (χ0n) is 11.5. The summed E-state index contributed by atoms with van der Waals surface area (Å²) in [5.74, 6) is 0.0211. The number of aromatic nitrogens is 2. The highest BCUT2D eigenvalue weighted by atomic mass is 16.4. The summed E-state index contributed by atoms with van der Waals surface area (Å²) in [6.45, 7) is 4.13. The molecule has 0 radical (unpaired) electrons. The molecule has 104 valence electrons. The van der Waals surface area contributed by atoms with Crippen molar-refractivity contribution in [2.24, 2.45) is 0 Å². The summed E-state index contributed by atoms with van der Waals surface area (Å²) in [6.07, 6.45) is 0. The van der Waals surface area contributed by atoms with Gasteiger partial charge in [0.2, 0.25) is 0 Å². The predicted molar refractivity (Wildman–Crippen MR) is 77.7 cm³/mol. The van der Waals surface area contributed by atoms with Crippen molar-refractivity contribution in [2.45, 2.75) is 19.8 Å². The minimum absolute atomic E-state index is 0.170. The second-order valence-corrected chi connectivity index (χ2v) is 4.83. The topological polar surface area (TPSA) is 75.1 Å². The van der Waals surface area contributed by atoms with Crippen molar-refractivity contribution in [1.29, 1.82) is 0 Å². The number of hydrogen-bond acceptors (Lipinski definition) is 4. The maximum absolute atomic E-state index is 10.4. The molecule has 5 heteroatoms. The summed E-state index contributed by atoms with van der Waals surface area (Å²) >= 11 is 0. The van der Waals surface area contributed by atoms with E-state index < -0.39 is 5.97 Å². The van der Waals surface area contributed by atoms with Crippen LogP contribution in [-0.2, 0) is 4.79 Å². The van der Waals surface area contributed by atoms with E-state index in [1.807, 2.05) is 18.2 Å². The number of nitrogens with zero attached hydrogens (tertiary/aromatic N) is 2. The Hall–Kier alpha value is -2.43. The first kappa shape index (κ1) is 14.0. The van der Waals surface area contributed by atoms with Crippen molar-refractivity contribution >= 4 is 11.8 Å². The number of benzene rings is 1. The van der Waals surface area contributed by atoms with Gasteiger partial charge in [0.05, 0.1) is 5.69 Å². The van der Waals surface area contributed by atoms with E-state index in [9.17, 15) is 4.79 Å². The summed E-state index contributed by atoms with van der Waals surface area (Å²) in [6, 6.07) is 11.7. The fourth-order valence-electron chi connectivity index (χ4n) is 1.79. The van der Waals surface area contributed by atoms with Gasteiger partial charge in [0.15, 0.2) is 0 Å². The van der Waals surface area contributed by atoms with E-state index in [1.54, 1.807) is 6.07 Å². The lowest BCUT2D eigenvalue weighted by molar-refractivity contribution is -0.134. The Morgan fingerprint density at radius 3 is 2.35 bits per heavy atom. The molecular weight excluding hydrogens is 254 g/mol. The van der Waals surface area contributed by atoms with Crippen molar-refractivity contribution in [3.05, 3.63) is 42.0 Å². The first-order valence-corrected chi connectivity index (χ1v) is 6.46. The number of carboxylic acid groups (broad SMARTS) is 1. The highest BCUT2D eigenvalue weighted by Gasteiger charge is 2.04. The van der Waals surface area contributed by atoms with Crippen LogP contribution >= 0.6 is 0 Å². The van der Waals surface area contributed by atoms with E-state index in [0.717, 1.165) is 11.3 Å².